The summed E-state index contributed by atoms with van der Waals surface area (Å²) in [4.78, 5) is 47.8. The van der Waals surface area contributed by atoms with Gasteiger partial charge in [0.05, 0.1) is 6.04 Å². The summed E-state index contributed by atoms with van der Waals surface area (Å²) in [6.07, 6.45) is 3.82. The average Bonchev–Trinajstić information content (AvgIpc) is 3.21. The number of anilines is 1. The average molecular weight is 506 g/mol. The minimum Gasteiger partial charge on any atom is -0.364 e. The molecule has 0 unspecified atom stereocenters. The van der Waals surface area contributed by atoms with E-state index in [-0.39, 0.29) is 23.2 Å². The van der Waals surface area contributed by atoms with Gasteiger partial charge in [-0.1, -0.05) is 29.7 Å². The van der Waals surface area contributed by atoms with Gasteiger partial charge in [0, 0.05) is 28.9 Å². The van der Waals surface area contributed by atoms with Crippen LogP contribution in [-0.4, -0.2) is 43.8 Å². The number of carbonyl (C=O) groups is 3. The van der Waals surface area contributed by atoms with Crippen LogP contribution in [-0.2, 0) is 4.79 Å². The highest BCUT2D eigenvalue weighted by Gasteiger charge is 2.33. The van der Waals surface area contributed by atoms with E-state index in [1.807, 2.05) is 0 Å². The number of pyridine rings is 1. The number of amides is 3. The van der Waals surface area contributed by atoms with Crippen LogP contribution < -0.4 is 16.9 Å². The van der Waals surface area contributed by atoms with E-state index in [1.165, 1.54) is 12.3 Å². The van der Waals surface area contributed by atoms with E-state index in [2.05, 4.69) is 27.1 Å². The van der Waals surface area contributed by atoms with Crippen molar-refractivity contribution in [1.82, 2.24) is 19.5 Å². The molecule has 1 saturated heterocycles. The zero-order valence-electron chi connectivity index (χ0n) is 19.5. The molecule has 1 aliphatic rings. The molecule has 0 saturated carbocycles. The number of nitrogen functional groups attached to an aromatic ring is 1. The number of rotatable bonds is 5. The summed E-state index contributed by atoms with van der Waals surface area (Å²) in [5.41, 5.74) is 6.81. The molecule has 184 valence electrons. The van der Waals surface area contributed by atoms with E-state index in [0.29, 0.717) is 40.8 Å². The van der Waals surface area contributed by atoms with E-state index in [4.69, 9.17) is 23.2 Å². The predicted molar refractivity (Wildman–Crippen MR) is 135 cm³/mol. The maximum Gasteiger partial charge on any atom is 0.299 e. The zero-order valence-corrected chi connectivity index (χ0v) is 20.2. The first-order chi connectivity index (χ1) is 17.3. The summed E-state index contributed by atoms with van der Waals surface area (Å²) in [5, 5.41) is 3.12. The second kappa shape index (κ2) is 10.5. The lowest BCUT2D eigenvalue weighted by Gasteiger charge is -2.33. The fourth-order valence-electron chi connectivity index (χ4n) is 4.18. The van der Waals surface area contributed by atoms with Crippen LogP contribution in [0.2, 0.25) is 5.02 Å². The largest absolute Gasteiger partial charge is 0.364 e. The Morgan fingerprint density at radius 3 is 2.58 bits per heavy atom. The summed E-state index contributed by atoms with van der Waals surface area (Å²) < 4.78 is 1.15. The van der Waals surface area contributed by atoms with Crippen molar-refractivity contribution in [2.45, 2.75) is 32.2 Å². The molecule has 3 aromatic rings. The lowest BCUT2D eigenvalue weighted by Crippen LogP contribution is -2.40. The second-order valence-electron chi connectivity index (χ2n) is 8.18. The van der Waals surface area contributed by atoms with E-state index in [1.54, 1.807) is 42.2 Å². The van der Waals surface area contributed by atoms with Gasteiger partial charge >= 0.3 is 0 Å². The van der Waals surface area contributed by atoms with E-state index in [0.717, 1.165) is 17.5 Å². The minimum absolute atomic E-state index is 0.00452. The van der Waals surface area contributed by atoms with Gasteiger partial charge in [-0.25, -0.2) is 14.6 Å². The zero-order chi connectivity index (χ0) is 25.8. The first-order valence-corrected chi connectivity index (χ1v) is 11.6. The van der Waals surface area contributed by atoms with Gasteiger partial charge in [0.2, 0.25) is 0 Å². The van der Waals surface area contributed by atoms with Crippen molar-refractivity contribution >= 4 is 35.1 Å². The number of primary amides is 1. The number of hydrogen-bond acceptors (Lipinski definition) is 6. The molecule has 3 heterocycles. The van der Waals surface area contributed by atoms with Crippen LogP contribution in [0, 0.1) is 11.8 Å². The van der Waals surface area contributed by atoms with Gasteiger partial charge < -0.3 is 21.8 Å². The van der Waals surface area contributed by atoms with Gasteiger partial charge in [0.1, 0.15) is 11.5 Å². The van der Waals surface area contributed by atoms with Gasteiger partial charge in [0.15, 0.2) is 11.5 Å². The maximum absolute atomic E-state index is 12.6. The third kappa shape index (κ3) is 5.01. The van der Waals surface area contributed by atoms with Crippen molar-refractivity contribution in [3.05, 3.63) is 64.7 Å². The Hall–Kier alpha value is -4.36. The molecule has 4 rings (SSSR count). The van der Waals surface area contributed by atoms with Crippen LogP contribution in [0.15, 0.2) is 42.6 Å². The number of halogens is 1. The van der Waals surface area contributed by atoms with Crippen LogP contribution in [0.5, 0.6) is 0 Å². The van der Waals surface area contributed by atoms with Crippen molar-refractivity contribution in [2.75, 3.05) is 17.7 Å². The van der Waals surface area contributed by atoms with Crippen molar-refractivity contribution in [1.29, 1.82) is 0 Å². The number of hydrogen-bond donors (Lipinski definition) is 3. The highest BCUT2D eigenvalue weighted by molar-refractivity contribution is 6.30. The number of nitrogens with zero attached hydrogens (tertiary/aromatic N) is 4. The third-order valence-electron chi connectivity index (χ3n) is 5.85. The molecule has 0 bridgehead atoms. The third-order valence-corrected chi connectivity index (χ3v) is 6.08. The monoisotopic (exact) mass is 505 g/mol. The van der Waals surface area contributed by atoms with E-state index in [9.17, 15) is 14.4 Å². The van der Waals surface area contributed by atoms with Crippen LogP contribution in [0.25, 0.3) is 11.3 Å². The summed E-state index contributed by atoms with van der Waals surface area (Å²) in [7, 11) is 0. The van der Waals surface area contributed by atoms with Gasteiger partial charge in [-0.2, -0.15) is 0 Å². The molecule has 3 amide bonds. The molecule has 0 aliphatic carbocycles. The highest BCUT2D eigenvalue weighted by Crippen LogP contribution is 2.33. The van der Waals surface area contributed by atoms with Crippen LogP contribution in [0.3, 0.4) is 0 Å². The molecule has 1 aromatic carbocycles. The quantitative estimate of drug-likeness (QED) is 0.358. The summed E-state index contributed by atoms with van der Waals surface area (Å²) >= 11 is 5.94. The lowest BCUT2D eigenvalue weighted by molar-refractivity contribution is -0.129. The van der Waals surface area contributed by atoms with Crippen LogP contribution in [0.1, 0.15) is 58.9 Å². The topological polar surface area (TPSA) is 149 Å². The molecule has 11 heteroatoms. The van der Waals surface area contributed by atoms with Gasteiger partial charge in [-0.3, -0.25) is 14.4 Å². The van der Waals surface area contributed by atoms with Crippen LogP contribution in [0.4, 0.5) is 5.82 Å². The van der Waals surface area contributed by atoms with Crippen molar-refractivity contribution in [3.63, 3.8) is 0 Å². The fourth-order valence-corrected chi connectivity index (χ4v) is 4.34. The number of aromatic nitrogens is 3. The molecular weight excluding hydrogens is 482 g/mol. The smallest absolute Gasteiger partial charge is 0.299 e. The molecule has 36 heavy (non-hydrogen) atoms. The Labute approximate surface area is 212 Å². The molecule has 0 spiro atoms. The molecule has 5 N–H and O–H groups in total. The fraction of sp³-hybridized carbons (Fsp3) is 0.240. The standard InChI is InChI=1S/C25H24ClN7O3/c1-2-5-20(34)32-13-4-3-6-18(32)24-31-21(22(23(27)35)33(24)28)15-7-9-16(10-8-15)25(36)30-19-14-17(26)11-12-29-19/h7-12,14,18H,3-4,6,13,28H2,1H3,(H2,27,35)(H,29,30,36)/t18-/m0/s1. The molecule has 0 radical (unpaired) electrons. The molecule has 1 fully saturated rings. The Bertz CT molecular complexity index is 1390. The predicted octanol–water partition coefficient (Wildman–Crippen LogP) is 2.74. The number of carbonyl (C=O) groups excluding carboxylic acids is 3. The summed E-state index contributed by atoms with van der Waals surface area (Å²) in [6.45, 7) is 2.11. The van der Waals surface area contributed by atoms with Crippen molar-refractivity contribution < 1.29 is 14.4 Å². The van der Waals surface area contributed by atoms with E-state index < -0.39 is 11.9 Å². The Kier molecular flexibility index (Phi) is 7.22. The highest BCUT2D eigenvalue weighted by atomic mass is 35.5. The summed E-state index contributed by atoms with van der Waals surface area (Å²) in [5.74, 6) is 10.7. The SMILES string of the molecule is CC#CC(=O)N1CCCC[C@H]1c1nc(-c2ccc(C(=O)Nc3cc(Cl)ccn3)cc2)c(C(N)=O)n1N. The van der Waals surface area contributed by atoms with Crippen molar-refractivity contribution in [3.8, 4) is 23.1 Å². The molecule has 2 aromatic heterocycles. The number of benzene rings is 1. The number of likely N-dealkylation sites (tertiary alicyclic amines) is 1. The Morgan fingerprint density at radius 2 is 1.92 bits per heavy atom. The molecule has 1 atom stereocenters. The summed E-state index contributed by atoms with van der Waals surface area (Å²) in [6, 6.07) is 9.15. The molecule has 10 nitrogen and oxygen atoms in total. The maximum atomic E-state index is 12.6. The normalized spacial score (nSPS) is 15.1. The number of imidazole rings is 1. The number of nitrogens with two attached hydrogens (primary N) is 2. The first-order valence-electron chi connectivity index (χ1n) is 11.2. The van der Waals surface area contributed by atoms with E-state index >= 15 is 0 Å². The van der Waals surface area contributed by atoms with Crippen molar-refractivity contribution in [2.24, 2.45) is 5.73 Å². The number of piperidine rings is 1. The molecular formula is C25H24ClN7O3. The number of nitrogens with one attached hydrogen (secondary N) is 1. The van der Waals surface area contributed by atoms with Crippen LogP contribution >= 0.6 is 11.6 Å². The van der Waals surface area contributed by atoms with Gasteiger partial charge in [-0.15, -0.1) is 0 Å². The first kappa shape index (κ1) is 24.8. The van der Waals surface area contributed by atoms with Gasteiger partial charge in [0.25, 0.3) is 17.7 Å². The Morgan fingerprint density at radius 1 is 1.17 bits per heavy atom. The Balaban J connectivity index is 1.65. The lowest BCUT2D eigenvalue weighted by atomic mass is 10.0. The minimum atomic E-state index is -0.762. The van der Waals surface area contributed by atoms with Gasteiger partial charge in [-0.05, 0) is 56.4 Å². The second-order valence-corrected chi connectivity index (χ2v) is 8.61. The molecule has 1 aliphatic heterocycles.